The predicted octanol–water partition coefficient (Wildman–Crippen LogP) is 2.89. The highest BCUT2D eigenvalue weighted by molar-refractivity contribution is 5.95. The molecule has 2 N–H and O–H groups in total. The molecule has 0 aliphatic carbocycles. The van der Waals surface area contributed by atoms with E-state index in [9.17, 15) is 5.11 Å². The van der Waals surface area contributed by atoms with Crippen LogP contribution in [0.1, 0.15) is 0 Å². The lowest BCUT2D eigenvalue weighted by Gasteiger charge is -2.06. The van der Waals surface area contributed by atoms with E-state index in [-0.39, 0.29) is 11.3 Å². The fourth-order valence-corrected chi connectivity index (χ4v) is 1.64. The van der Waals surface area contributed by atoms with Gasteiger partial charge in [-0.1, -0.05) is 12.1 Å². The number of nitrogens with zero attached hydrogens (tertiary/aromatic N) is 2. The second-order valence-corrected chi connectivity index (χ2v) is 3.64. The van der Waals surface area contributed by atoms with Gasteiger partial charge in [-0.25, -0.2) is 0 Å². The van der Waals surface area contributed by atoms with E-state index < -0.39 is 0 Å². The van der Waals surface area contributed by atoms with Gasteiger partial charge in [0.2, 0.25) is 0 Å². The Morgan fingerprint density at radius 3 is 2.67 bits per heavy atom. The van der Waals surface area contributed by atoms with E-state index in [1.165, 1.54) is 6.20 Å². The van der Waals surface area contributed by atoms with E-state index in [4.69, 9.17) is 10.5 Å². The largest absolute Gasteiger partial charge is 0.508 e. The molecule has 0 aliphatic heterocycles. The van der Waals surface area contributed by atoms with Crippen LogP contribution in [0.25, 0.3) is 10.8 Å². The SMILES string of the molecule is N#CC(C#N)=CNc1cccc2cc(O)ccc12. The lowest BCUT2D eigenvalue weighted by atomic mass is 10.1. The van der Waals surface area contributed by atoms with Crippen LogP contribution in [0, 0.1) is 22.7 Å². The molecule has 0 atom stereocenters. The number of benzene rings is 2. The molecule has 0 unspecified atom stereocenters. The first-order valence-electron chi connectivity index (χ1n) is 5.23. The van der Waals surface area contributed by atoms with Gasteiger partial charge in [-0.2, -0.15) is 10.5 Å². The van der Waals surface area contributed by atoms with Crippen LogP contribution in [0.15, 0.2) is 48.2 Å². The van der Waals surface area contributed by atoms with E-state index in [0.29, 0.717) is 0 Å². The normalized spacial score (nSPS) is 9.22. The van der Waals surface area contributed by atoms with Crippen LogP contribution < -0.4 is 5.32 Å². The van der Waals surface area contributed by atoms with Gasteiger partial charge in [-0.05, 0) is 29.7 Å². The molecular formula is C14H9N3O. The van der Waals surface area contributed by atoms with Crippen LogP contribution in [-0.2, 0) is 0 Å². The number of nitrogens with one attached hydrogen (secondary N) is 1. The zero-order valence-electron chi connectivity index (χ0n) is 9.38. The van der Waals surface area contributed by atoms with Gasteiger partial charge in [-0.3, -0.25) is 0 Å². The summed E-state index contributed by atoms with van der Waals surface area (Å²) in [5.74, 6) is 0.199. The van der Waals surface area contributed by atoms with Gasteiger partial charge in [0.25, 0.3) is 0 Å². The highest BCUT2D eigenvalue weighted by atomic mass is 16.3. The van der Waals surface area contributed by atoms with Gasteiger partial charge in [-0.15, -0.1) is 0 Å². The molecule has 0 amide bonds. The van der Waals surface area contributed by atoms with Gasteiger partial charge in [0.1, 0.15) is 23.5 Å². The minimum absolute atomic E-state index is 0.00535. The summed E-state index contributed by atoms with van der Waals surface area (Å²) in [6, 6.07) is 14.1. The van der Waals surface area contributed by atoms with Crippen LogP contribution >= 0.6 is 0 Å². The molecule has 0 saturated heterocycles. The fourth-order valence-electron chi connectivity index (χ4n) is 1.64. The summed E-state index contributed by atoms with van der Waals surface area (Å²) in [5, 5.41) is 31.4. The van der Waals surface area contributed by atoms with Crippen molar-refractivity contribution in [1.29, 1.82) is 10.5 Å². The van der Waals surface area contributed by atoms with Crippen molar-refractivity contribution in [2.75, 3.05) is 5.32 Å². The van der Waals surface area contributed by atoms with Crippen molar-refractivity contribution in [2.45, 2.75) is 0 Å². The van der Waals surface area contributed by atoms with Crippen molar-refractivity contribution in [3.8, 4) is 17.9 Å². The van der Waals surface area contributed by atoms with Crippen LogP contribution in [0.3, 0.4) is 0 Å². The minimum atomic E-state index is 0.00535. The summed E-state index contributed by atoms with van der Waals surface area (Å²) >= 11 is 0. The zero-order chi connectivity index (χ0) is 13.0. The number of rotatable bonds is 2. The molecule has 0 fully saturated rings. The third-order valence-corrected chi connectivity index (χ3v) is 2.48. The lowest BCUT2D eigenvalue weighted by Crippen LogP contribution is -1.90. The summed E-state index contributed by atoms with van der Waals surface area (Å²) in [4.78, 5) is 0. The number of phenolic OH excluding ortho intramolecular Hbond substituents is 1. The Bertz CT molecular complexity index is 689. The Hall–Kier alpha value is -2.98. The summed E-state index contributed by atoms with van der Waals surface area (Å²) in [6.07, 6.45) is 1.36. The van der Waals surface area contributed by atoms with Crippen molar-refractivity contribution in [1.82, 2.24) is 0 Å². The highest BCUT2D eigenvalue weighted by Gasteiger charge is 2.00. The molecule has 18 heavy (non-hydrogen) atoms. The number of aromatic hydroxyl groups is 1. The number of anilines is 1. The predicted molar refractivity (Wildman–Crippen MR) is 68.5 cm³/mol. The van der Waals surface area contributed by atoms with Gasteiger partial charge in [0.15, 0.2) is 0 Å². The lowest BCUT2D eigenvalue weighted by molar-refractivity contribution is 0.476. The third kappa shape index (κ3) is 2.23. The Balaban J connectivity index is 2.44. The second-order valence-electron chi connectivity index (χ2n) is 3.64. The molecule has 0 spiro atoms. The number of hydrogen-bond donors (Lipinski definition) is 2. The third-order valence-electron chi connectivity index (χ3n) is 2.48. The van der Waals surface area contributed by atoms with Crippen LogP contribution in [0.4, 0.5) is 5.69 Å². The molecule has 0 bridgehead atoms. The number of hydrogen-bond acceptors (Lipinski definition) is 4. The minimum Gasteiger partial charge on any atom is -0.508 e. The Labute approximate surface area is 104 Å². The molecule has 2 rings (SSSR count). The first-order chi connectivity index (χ1) is 8.74. The Morgan fingerprint density at radius 1 is 1.17 bits per heavy atom. The molecule has 0 radical (unpaired) electrons. The fraction of sp³-hybridized carbons (Fsp3) is 0. The standard InChI is InChI=1S/C14H9N3O/c15-7-10(8-16)9-17-14-3-1-2-11-6-12(18)4-5-13(11)14/h1-6,9,17-18H. The van der Waals surface area contributed by atoms with Crippen LogP contribution in [0.2, 0.25) is 0 Å². The van der Waals surface area contributed by atoms with E-state index in [2.05, 4.69) is 5.32 Å². The maximum Gasteiger partial charge on any atom is 0.145 e. The molecule has 86 valence electrons. The molecule has 2 aromatic rings. The molecule has 2 aromatic carbocycles. The molecule has 0 aromatic heterocycles. The number of phenols is 1. The van der Waals surface area contributed by atoms with Gasteiger partial charge in [0.05, 0.1) is 0 Å². The molecule has 0 saturated carbocycles. The van der Waals surface area contributed by atoms with E-state index in [1.807, 2.05) is 18.2 Å². The summed E-state index contributed by atoms with van der Waals surface area (Å²) in [5.41, 5.74) is 0.779. The maximum absolute atomic E-state index is 9.40. The maximum atomic E-state index is 9.40. The first-order valence-corrected chi connectivity index (χ1v) is 5.23. The molecular weight excluding hydrogens is 226 g/mol. The van der Waals surface area contributed by atoms with Crippen molar-refractivity contribution in [3.63, 3.8) is 0 Å². The Morgan fingerprint density at radius 2 is 1.94 bits per heavy atom. The number of allylic oxidation sites excluding steroid dienone is 1. The average molecular weight is 235 g/mol. The molecule has 0 heterocycles. The van der Waals surface area contributed by atoms with Gasteiger partial charge < -0.3 is 10.4 Å². The van der Waals surface area contributed by atoms with Crippen molar-refractivity contribution >= 4 is 16.5 Å². The first kappa shape index (κ1) is 11.5. The van der Waals surface area contributed by atoms with Crippen LogP contribution in [0.5, 0.6) is 5.75 Å². The second kappa shape index (κ2) is 4.90. The van der Waals surface area contributed by atoms with Crippen molar-refractivity contribution in [2.24, 2.45) is 0 Å². The van der Waals surface area contributed by atoms with E-state index >= 15 is 0 Å². The van der Waals surface area contributed by atoms with Crippen molar-refractivity contribution < 1.29 is 5.11 Å². The van der Waals surface area contributed by atoms with Crippen molar-refractivity contribution in [3.05, 3.63) is 48.2 Å². The Kier molecular flexibility index (Phi) is 3.13. The molecule has 4 heteroatoms. The molecule has 0 aliphatic rings. The zero-order valence-corrected chi connectivity index (χ0v) is 9.38. The van der Waals surface area contributed by atoms with E-state index in [0.717, 1.165) is 16.5 Å². The van der Waals surface area contributed by atoms with Gasteiger partial charge in [0, 0.05) is 17.3 Å². The molecule has 4 nitrogen and oxygen atoms in total. The van der Waals surface area contributed by atoms with Crippen LogP contribution in [-0.4, -0.2) is 5.11 Å². The smallest absolute Gasteiger partial charge is 0.145 e. The number of nitriles is 2. The number of fused-ring (bicyclic) bond motifs is 1. The summed E-state index contributed by atoms with van der Waals surface area (Å²) in [7, 11) is 0. The van der Waals surface area contributed by atoms with Gasteiger partial charge >= 0.3 is 0 Å². The summed E-state index contributed by atoms with van der Waals surface area (Å²) in [6.45, 7) is 0. The highest BCUT2D eigenvalue weighted by Crippen LogP contribution is 2.26. The van der Waals surface area contributed by atoms with E-state index in [1.54, 1.807) is 30.3 Å². The quantitative estimate of drug-likeness (QED) is 0.784. The average Bonchev–Trinajstić information content (AvgIpc) is 2.39. The monoisotopic (exact) mass is 235 g/mol. The topological polar surface area (TPSA) is 79.8 Å². The summed E-state index contributed by atoms with van der Waals surface area (Å²) < 4.78 is 0.